The zero-order valence-electron chi connectivity index (χ0n) is 21.5. The zero-order chi connectivity index (χ0) is 26.5. The molecular formula is C31H28N4O2S. The molecular weight excluding hydrogens is 492 g/mol. The van der Waals surface area contributed by atoms with Crippen LogP contribution in [0.4, 0.5) is 17.1 Å². The Hall–Kier alpha value is -4.36. The molecule has 0 aliphatic carbocycles. The molecule has 5 rings (SSSR count). The molecule has 2 heterocycles. The van der Waals surface area contributed by atoms with Crippen molar-refractivity contribution in [2.45, 2.75) is 37.2 Å². The highest BCUT2D eigenvalue weighted by molar-refractivity contribution is 7.99. The summed E-state index contributed by atoms with van der Waals surface area (Å²) in [5.41, 5.74) is 6.58. The van der Waals surface area contributed by atoms with Gasteiger partial charge in [0.05, 0.1) is 11.4 Å². The number of aryl methyl sites for hydroxylation is 2. The number of benzene rings is 3. The molecule has 3 aromatic carbocycles. The SMILES string of the molecule is CC(=O)Nc1ccc(Sc2ccc(OCc3ccccc3C)cc2Nc2ccnc3nc(C)ccc23)cc1. The van der Waals surface area contributed by atoms with Crippen molar-refractivity contribution >= 4 is 45.8 Å². The lowest BCUT2D eigenvalue weighted by atomic mass is 10.1. The molecule has 0 atom stereocenters. The summed E-state index contributed by atoms with van der Waals surface area (Å²) in [6.07, 6.45) is 1.77. The highest BCUT2D eigenvalue weighted by atomic mass is 32.2. The number of aromatic nitrogens is 2. The van der Waals surface area contributed by atoms with Crippen LogP contribution in [0.25, 0.3) is 11.0 Å². The van der Waals surface area contributed by atoms with Crippen LogP contribution in [0.15, 0.2) is 101 Å². The summed E-state index contributed by atoms with van der Waals surface area (Å²) in [6, 6.07) is 28.1. The number of fused-ring (bicyclic) bond motifs is 1. The minimum atomic E-state index is -0.0903. The number of anilines is 3. The average Bonchev–Trinajstić information content (AvgIpc) is 2.90. The third kappa shape index (κ3) is 6.12. The first-order valence-corrected chi connectivity index (χ1v) is 13.1. The first-order chi connectivity index (χ1) is 18.4. The number of carbonyl (C=O) groups excluding carboxylic acids is 1. The summed E-state index contributed by atoms with van der Waals surface area (Å²) in [5.74, 6) is 0.681. The van der Waals surface area contributed by atoms with E-state index in [4.69, 9.17) is 4.74 Å². The molecule has 0 spiro atoms. The Balaban J connectivity index is 1.46. The maximum atomic E-state index is 11.4. The van der Waals surface area contributed by atoms with Gasteiger partial charge in [0.15, 0.2) is 5.65 Å². The third-order valence-corrected chi connectivity index (χ3v) is 7.10. The largest absolute Gasteiger partial charge is 0.489 e. The van der Waals surface area contributed by atoms with E-state index in [1.54, 1.807) is 18.0 Å². The number of pyridine rings is 2. The third-order valence-electron chi connectivity index (χ3n) is 6.02. The fourth-order valence-corrected chi connectivity index (χ4v) is 4.92. The van der Waals surface area contributed by atoms with Crippen molar-refractivity contribution in [1.82, 2.24) is 9.97 Å². The molecule has 0 aliphatic rings. The lowest BCUT2D eigenvalue weighted by Crippen LogP contribution is -2.05. The number of ether oxygens (including phenoxy) is 1. The van der Waals surface area contributed by atoms with Crippen LogP contribution in [-0.4, -0.2) is 15.9 Å². The van der Waals surface area contributed by atoms with Crippen LogP contribution >= 0.6 is 11.8 Å². The molecule has 0 unspecified atom stereocenters. The predicted molar refractivity (Wildman–Crippen MR) is 154 cm³/mol. The molecule has 7 heteroatoms. The Kier molecular flexibility index (Phi) is 7.56. The van der Waals surface area contributed by atoms with E-state index in [0.717, 1.165) is 49.2 Å². The Morgan fingerprint density at radius 1 is 0.921 bits per heavy atom. The number of rotatable bonds is 8. The van der Waals surface area contributed by atoms with Gasteiger partial charge in [0.25, 0.3) is 0 Å². The van der Waals surface area contributed by atoms with E-state index in [9.17, 15) is 4.79 Å². The van der Waals surface area contributed by atoms with E-state index >= 15 is 0 Å². The summed E-state index contributed by atoms with van der Waals surface area (Å²) in [7, 11) is 0. The Morgan fingerprint density at radius 3 is 2.53 bits per heavy atom. The summed E-state index contributed by atoms with van der Waals surface area (Å²) in [6.45, 7) is 6.04. The topological polar surface area (TPSA) is 76.1 Å². The minimum absolute atomic E-state index is 0.0903. The van der Waals surface area contributed by atoms with E-state index in [-0.39, 0.29) is 5.91 Å². The molecule has 2 N–H and O–H groups in total. The summed E-state index contributed by atoms with van der Waals surface area (Å²) in [5, 5.41) is 7.36. The van der Waals surface area contributed by atoms with Gasteiger partial charge in [-0.3, -0.25) is 4.79 Å². The summed E-state index contributed by atoms with van der Waals surface area (Å²) < 4.78 is 6.20. The van der Waals surface area contributed by atoms with Crippen molar-refractivity contribution in [3.05, 3.63) is 108 Å². The van der Waals surface area contributed by atoms with Gasteiger partial charge in [-0.05, 0) is 79.6 Å². The van der Waals surface area contributed by atoms with Crippen LogP contribution in [0.3, 0.4) is 0 Å². The zero-order valence-corrected chi connectivity index (χ0v) is 22.3. The quantitative estimate of drug-likeness (QED) is 0.219. The average molecular weight is 521 g/mol. The van der Waals surface area contributed by atoms with Gasteiger partial charge in [0.1, 0.15) is 12.4 Å². The van der Waals surface area contributed by atoms with Gasteiger partial charge in [-0.1, -0.05) is 36.0 Å². The van der Waals surface area contributed by atoms with Gasteiger partial charge >= 0.3 is 0 Å². The molecule has 2 aromatic heterocycles. The smallest absolute Gasteiger partial charge is 0.221 e. The van der Waals surface area contributed by atoms with Crippen LogP contribution in [0, 0.1) is 13.8 Å². The predicted octanol–water partition coefficient (Wildman–Crippen LogP) is 7.68. The van der Waals surface area contributed by atoms with Gasteiger partial charge < -0.3 is 15.4 Å². The fraction of sp³-hybridized carbons (Fsp3) is 0.129. The lowest BCUT2D eigenvalue weighted by Gasteiger charge is -2.16. The molecule has 0 fully saturated rings. The molecule has 0 saturated carbocycles. The molecule has 0 radical (unpaired) electrons. The highest BCUT2D eigenvalue weighted by Gasteiger charge is 2.11. The maximum absolute atomic E-state index is 11.4. The van der Waals surface area contributed by atoms with Gasteiger partial charge in [0, 0.05) is 45.7 Å². The second-order valence-corrected chi connectivity index (χ2v) is 10.1. The maximum Gasteiger partial charge on any atom is 0.221 e. The van der Waals surface area contributed by atoms with Gasteiger partial charge in [-0.15, -0.1) is 0 Å². The van der Waals surface area contributed by atoms with E-state index in [1.807, 2.05) is 73.7 Å². The van der Waals surface area contributed by atoms with Crippen molar-refractivity contribution in [3.8, 4) is 5.75 Å². The Labute approximate surface area is 226 Å². The molecule has 6 nitrogen and oxygen atoms in total. The van der Waals surface area contributed by atoms with Crippen LogP contribution < -0.4 is 15.4 Å². The van der Waals surface area contributed by atoms with Crippen molar-refractivity contribution in [2.24, 2.45) is 0 Å². The number of nitrogens with one attached hydrogen (secondary N) is 2. The normalized spacial score (nSPS) is 10.8. The standard InChI is InChI=1S/C31H28N4O2S/c1-20-6-4-5-7-23(20)19-37-25-11-15-30(38-26-12-9-24(10-13-26)34-22(3)36)29(18-25)35-28-16-17-32-31-27(28)14-8-21(2)33-31/h4-18H,19H2,1-3H3,(H,34,36)(H,32,33,35). The van der Waals surface area contributed by atoms with E-state index in [1.165, 1.54) is 12.5 Å². The van der Waals surface area contributed by atoms with Crippen LogP contribution in [-0.2, 0) is 11.4 Å². The molecule has 0 saturated heterocycles. The van der Waals surface area contributed by atoms with Crippen LogP contribution in [0.5, 0.6) is 5.75 Å². The first-order valence-electron chi connectivity index (χ1n) is 12.3. The molecule has 1 amide bonds. The molecule has 190 valence electrons. The number of amides is 1. The van der Waals surface area contributed by atoms with Crippen molar-refractivity contribution < 1.29 is 9.53 Å². The van der Waals surface area contributed by atoms with E-state index in [0.29, 0.717) is 12.3 Å². The highest BCUT2D eigenvalue weighted by Crippen LogP contribution is 2.38. The molecule has 0 bridgehead atoms. The number of hydrogen-bond acceptors (Lipinski definition) is 6. The number of nitrogens with zero attached hydrogens (tertiary/aromatic N) is 2. The summed E-state index contributed by atoms with van der Waals surface area (Å²) >= 11 is 1.63. The second kappa shape index (κ2) is 11.4. The molecule has 5 aromatic rings. The minimum Gasteiger partial charge on any atom is -0.489 e. The number of hydrogen-bond donors (Lipinski definition) is 2. The monoisotopic (exact) mass is 520 g/mol. The Bertz CT molecular complexity index is 1600. The number of carbonyl (C=O) groups is 1. The summed E-state index contributed by atoms with van der Waals surface area (Å²) in [4.78, 5) is 22.5. The Morgan fingerprint density at radius 2 is 1.74 bits per heavy atom. The van der Waals surface area contributed by atoms with Gasteiger partial charge in [-0.2, -0.15) is 0 Å². The van der Waals surface area contributed by atoms with Gasteiger partial charge in [0.2, 0.25) is 5.91 Å². The van der Waals surface area contributed by atoms with Crippen molar-refractivity contribution in [3.63, 3.8) is 0 Å². The van der Waals surface area contributed by atoms with Crippen molar-refractivity contribution in [2.75, 3.05) is 10.6 Å². The molecule has 0 aliphatic heterocycles. The van der Waals surface area contributed by atoms with E-state index < -0.39 is 0 Å². The molecule has 38 heavy (non-hydrogen) atoms. The van der Waals surface area contributed by atoms with Crippen molar-refractivity contribution in [1.29, 1.82) is 0 Å². The second-order valence-electron chi connectivity index (χ2n) is 8.99. The first kappa shape index (κ1) is 25.3. The fourth-order valence-electron chi connectivity index (χ4n) is 4.03. The van der Waals surface area contributed by atoms with Crippen LogP contribution in [0.1, 0.15) is 23.7 Å². The van der Waals surface area contributed by atoms with E-state index in [2.05, 4.69) is 45.7 Å². The van der Waals surface area contributed by atoms with Gasteiger partial charge in [-0.25, -0.2) is 9.97 Å². The lowest BCUT2D eigenvalue weighted by molar-refractivity contribution is -0.114. The van der Waals surface area contributed by atoms with Crippen LogP contribution in [0.2, 0.25) is 0 Å².